The van der Waals surface area contributed by atoms with E-state index in [0.717, 1.165) is 32.6 Å². The zero-order valence-corrected chi connectivity index (χ0v) is 15.7. The molecule has 7 heteroatoms. The SMILES string of the molecule is Cc1noc([C@H](C)N2CCN(CC(=O)N[C@H]3CCCC[C@H]3C)CC2)n1. The molecule has 3 rings (SSSR count). The molecule has 7 nitrogen and oxygen atoms in total. The largest absolute Gasteiger partial charge is 0.352 e. The second-order valence-corrected chi connectivity index (χ2v) is 7.60. The third-order valence-electron chi connectivity index (χ3n) is 5.68. The fraction of sp³-hybridized carbons (Fsp3) is 0.833. The molecule has 1 aromatic heterocycles. The average Bonchev–Trinajstić information content (AvgIpc) is 3.03. The summed E-state index contributed by atoms with van der Waals surface area (Å²) in [4.78, 5) is 21.3. The van der Waals surface area contributed by atoms with Gasteiger partial charge in [-0.1, -0.05) is 24.9 Å². The minimum Gasteiger partial charge on any atom is -0.352 e. The molecule has 1 aliphatic carbocycles. The Hall–Kier alpha value is -1.47. The van der Waals surface area contributed by atoms with E-state index in [2.05, 4.69) is 39.1 Å². The number of aromatic nitrogens is 2. The minimum absolute atomic E-state index is 0.125. The van der Waals surface area contributed by atoms with Crippen LogP contribution in [0.5, 0.6) is 0 Å². The molecule has 2 aliphatic rings. The molecule has 1 aliphatic heterocycles. The predicted molar refractivity (Wildman–Crippen MR) is 95.0 cm³/mol. The van der Waals surface area contributed by atoms with E-state index in [9.17, 15) is 4.79 Å². The highest BCUT2D eigenvalue weighted by Gasteiger charge is 2.27. The third-order valence-corrected chi connectivity index (χ3v) is 5.68. The van der Waals surface area contributed by atoms with Gasteiger partial charge in [0.25, 0.3) is 0 Å². The number of carbonyl (C=O) groups is 1. The van der Waals surface area contributed by atoms with E-state index < -0.39 is 0 Å². The van der Waals surface area contributed by atoms with Crippen molar-refractivity contribution in [1.29, 1.82) is 0 Å². The first-order valence-electron chi connectivity index (χ1n) is 9.59. The number of piperazine rings is 1. The molecule has 1 saturated carbocycles. The molecule has 1 saturated heterocycles. The number of hydrogen-bond acceptors (Lipinski definition) is 6. The van der Waals surface area contributed by atoms with Gasteiger partial charge in [-0.15, -0.1) is 0 Å². The number of amides is 1. The van der Waals surface area contributed by atoms with E-state index in [1.807, 2.05) is 6.92 Å². The molecule has 1 amide bonds. The first-order chi connectivity index (χ1) is 12.0. The van der Waals surface area contributed by atoms with E-state index in [0.29, 0.717) is 30.2 Å². The van der Waals surface area contributed by atoms with Gasteiger partial charge in [0.1, 0.15) is 0 Å². The van der Waals surface area contributed by atoms with E-state index >= 15 is 0 Å². The van der Waals surface area contributed by atoms with Gasteiger partial charge in [0, 0.05) is 32.2 Å². The first-order valence-corrected chi connectivity index (χ1v) is 9.59. The summed E-state index contributed by atoms with van der Waals surface area (Å²) in [7, 11) is 0. The van der Waals surface area contributed by atoms with Crippen LogP contribution in [-0.4, -0.2) is 64.6 Å². The summed E-state index contributed by atoms with van der Waals surface area (Å²) >= 11 is 0. The second kappa shape index (κ2) is 8.27. The van der Waals surface area contributed by atoms with E-state index in [1.54, 1.807) is 0 Å². The maximum absolute atomic E-state index is 12.4. The average molecular weight is 349 g/mol. The van der Waals surface area contributed by atoms with Gasteiger partial charge in [0.15, 0.2) is 5.82 Å². The quantitative estimate of drug-likeness (QED) is 0.873. The third kappa shape index (κ3) is 4.79. The lowest BCUT2D eigenvalue weighted by atomic mass is 9.86. The highest BCUT2D eigenvalue weighted by atomic mass is 16.5. The Kier molecular flexibility index (Phi) is 6.06. The lowest BCUT2D eigenvalue weighted by Gasteiger charge is -2.37. The molecule has 0 spiro atoms. The number of aryl methyl sites for hydroxylation is 1. The number of carbonyl (C=O) groups excluding carboxylic acids is 1. The van der Waals surface area contributed by atoms with Gasteiger partial charge >= 0.3 is 0 Å². The Bertz CT molecular complexity index is 568. The van der Waals surface area contributed by atoms with E-state index in [1.165, 1.54) is 19.3 Å². The summed E-state index contributed by atoms with van der Waals surface area (Å²) in [5, 5.41) is 7.12. The highest BCUT2D eigenvalue weighted by Crippen LogP contribution is 2.24. The van der Waals surface area contributed by atoms with Crippen LogP contribution in [-0.2, 0) is 4.79 Å². The van der Waals surface area contributed by atoms with Crippen LogP contribution in [0.15, 0.2) is 4.52 Å². The molecule has 1 N–H and O–H groups in total. The summed E-state index contributed by atoms with van der Waals surface area (Å²) in [6, 6.07) is 0.489. The molecule has 2 heterocycles. The Morgan fingerprint density at radius 2 is 2.00 bits per heavy atom. The Labute approximate surface area is 150 Å². The lowest BCUT2D eigenvalue weighted by molar-refractivity contribution is -0.124. The van der Waals surface area contributed by atoms with Gasteiger partial charge < -0.3 is 9.84 Å². The summed E-state index contributed by atoms with van der Waals surface area (Å²) in [5.41, 5.74) is 0. The number of nitrogens with zero attached hydrogens (tertiary/aromatic N) is 4. The van der Waals surface area contributed by atoms with Crippen LogP contribution in [0.4, 0.5) is 0 Å². The topological polar surface area (TPSA) is 74.5 Å². The molecule has 2 fully saturated rings. The zero-order valence-electron chi connectivity index (χ0n) is 15.7. The number of nitrogens with one attached hydrogen (secondary N) is 1. The monoisotopic (exact) mass is 349 g/mol. The van der Waals surface area contributed by atoms with Crippen molar-refractivity contribution in [3.05, 3.63) is 11.7 Å². The van der Waals surface area contributed by atoms with Crippen LogP contribution in [0.2, 0.25) is 0 Å². The van der Waals surface area contributed by atoms with Gasteiger partial charge in [0.05, 0.1) is 12.6 Å². The van der Waals surface area contributed by atoms with Crippen molar-refractivity contribution < 1.29 is 9.32 Å². The van der Waals surface area contributed by atoms with E-state index in [-0.39, 0.29) is 11.9 Å². The summed E-state index contributed by atoms with van der Waals surface area (Å²) in [6.07, 6.45) is 4.90. The van der Waals surface area contributed by atoms with Crippen molar-refractivity contribution in [2.24, 2.45) is 5.92 Å². The second-order valence-electron chi connectivity index (χ2n) is 7.60. The van der Waals surface area contributed by atoms with Gasteiger partial charge in [-0.05, 0) is 32.6 Å². The summed E-state index contributed by atoms with van der Waals surface area (Å²) < 4.78 is 5.28. The van der Waals surface area contributed by atoms with Crippen molar-refractivity contribution in [3.8, 4) is 0 Å². The van der Waals surface area contributed by atoms with Gasteiger partial charge in [-0.3, -0.25) is 14.6 Å². The molecule has 0 bridgehead atoms. The molecule has 0 unspecified atom stereocenters. The first kappa shape index (κ1) is 18.3. The minimum atomic E-state index is 0.125. The van der Waals surface area contributed by atoms with Crippen LogP contribution in [0.3, 0.4) is 0 Å². The smallest absolute Gasteiger partial charge is 0.243 e. The van der Waals surface area contributed by atoms with Crippen molar-refractivity contribution >= 4 is 5.91 Å². The highest BCUT2D eigenvalue weighted by molar-refractivity contribution is 5.78. The molecule has 0 radical (unpaired) electrons. The van der Waals surface area contributed by atoms with Gasteiger partial charge in [0.2, 0.25) is 11.8 Å². The molecular weight excluding hydrogens is 318 g/mol. The molecule has 0 aromatic carbocycles. The Morgan fingerprint density at radius 1 is 1.28 bits per heavy atom. The summed E-state index contributed by atoms with van der Waals surface area (Å²) in [5.74, 6) is 2.13. The standard InChI is InChI=1S/C18H31N5O2/c1-13-6-4-5-7-16(13)20-17(24)12-22-8-10-23(11-9-22)14(2)18-19-15(3)21-25-18/h13-14,16H,4-12H2,1-3H3,(H,20,24)/t13-,14+,16+/m1/s1. The van der Waals surface area contributed by atoms with Crippen LogP contribution < -0.4 is 5.32 Å². The van der Waals surface area contributed by atoms with Crippen molar-refractivity contribution in [3.63, 3.8) is 0 Å². The van der Waals surface area contributed by atoms with Gasteiger partial charge in [-0.2, -0.15) is 4.98 Å². The predicted octanol–water partition coefficient (Wildman–Crippen LogP) is 1.75. The molecule has 140 valence electrons. The molecule has 25 heavy (non-hydrogen) atoms. The molecule has 3 atom stereocenters. The fourth-order valence-electron chi connectivity index (χ4n) is 3.93. The van der Waals surface area contributed by atoms with Crippen molar-refractivity contribution in [2.75, 3.05) is 32.7 Å². The molecule has 1 aromatic rings. The van der Waals surface area contributed by atoms with Crippen LogP contribution in [0, 0.1) is 12.8 Å². The van der Waals surface area contributed by atoms with Crippen LogP contribution >= 0.6 is 0 Å². The van der Waals surface area contributed by atoms with Crippen molar-refractivity contribution in [2.45, 2.75) is 58.5 Å². The molecular formula is C18H31N5O2. The maximum atomic E-state index is 12.4. The number of hydrogen-bond donors (Lipinski definition) is 1. The van der Waals surface area contributed by atoms with Crippen molar-refractivity contribution in [1.82, 2.24) is 25.3 Å². The Morgan fingerprint density at radius 3 is 2.64 bits per heavy atom. The van der Waals surface area contributed by atoms with Crippen LogP contribution in [0.25, 0.3) is 0 Å². The zero-order chi connectivity index (χ0) is 17.8. The normalized spacial score (nSPS) is 27.2. The summed E-state index contributed by atoms with van der Waals surface area (Å²) in [6.45, 7) is 10.3. The van der Waals surface area contributed by atoms with E-state index in [4.69, 9.17) is 4.52 Å². The maximum Gasteiger partial charge on any atom is 0.243 e. The van der Waals surface area contributed by atoms with Gasteiger partial charge in [-0.25, -0.2) is 0 Å². The Balaban J connectivity index is 1.42. The number of rotatable bonds is 5. The lowest BCUT2D eigenvalue weighted by Crippen LogP contribution is -2.51. The van der Waals surface area contributed by atoms with Crippen LogP contribution in [0.1, 0.15) is 57.3 Å². The fourth-order valence-corrected chi connectivity index (χ4v) is 3.93.